The molecule has 0 bridgehead atoms. The van der Waals surface area contributed by atoms with Gasteiger partial charge in [-0.25, -0.2) is 4.39 Å². The highest BCUT2D eigenvalue weighted by molar-refractivity contribution is 7.99. The fourth-order valence-corrected chi connectivity index (χ4v) is 3.45. The number of halogens is 2. The fraction of sp³-hybridized carbons (Fsp3) is 0.200. The van der Waals surface area contributed by atoms with Crippen LogP contribution < -0.4 is 10.6 Å². The number of aryl methyl sites for hydroxylation is 1. The van der Waals surface area contributed by atoms with E-state index < -0.39 is 0 Å². The first-order valence-electron chi connectivity index (χ1n) is 8.94. The zero-order chi connectivity index (χ0) is 21.7. The molecule has 0 aliphatic carbocycles. The molecule has 3 rings (SSSR count). The Hall–Kier alpha value is -2.91. The topological polar surface area (TPSA) is 88.9 Å². The Labute approximate surface area is 182 Å². The molecule has 0 aliphatic heterocycles. The van der Waals surface area contributed by atoms with E-state index in [1.165, 1.54) is 30.0 Å². The van der Waals surface area contributed by atoms with Crippen molar-refractivity contribution in [3.05, 3.63) is 64.7 Å². The summed E-state index contributed by atoms with van der Waals surface area (Å²) >= 11 is 7.03. The van der Waals surface area contributed by atoms with Crippen LogP contribution in [0.1, 0.15) is 11.4 Å². The summed E-state index contributed by atoms with van der Waals surface area (Å²) in [5.41, 5.74) is 1.83. The normalized spacial score (nSPS) is 10.7. The van der Waals surface area contributed by atoms with Crippen LogP contribution in [-0.2, 0) is 23.1 Å². The van der Waals surface area contributed by atoms with Gasteiger partial charge in [-0.1, -0.05) is 23.4 Å². The van der Waals surface area contributed by atoms with Crippen molar-refractivity contribution in [1.82, 2.24) is 14.8 Å². The summed E-state index contributed by atoms with van der Waals surface area (Å²) in [6, 6.07) is 11.0. The number of nitrogens with one attached hydrogen (secondary N) is 2. The molecule has 0 unspecified atom stereocenters. The number of aromatic nitrogens is 3. The highest BCUT2D eigenvalue weighted by Crippen LogP contribution is 2.19. The van der Waals surface area contributed by atoms with E-state index in [0.29, 0.717) is 32.9 Å². The Balaban J connectivity index is 1.53. The Morgan fingerprint density at radius 2 is 1.83 bits per heavy atom. The molecule has 0 saturated heterocycles. The summed E-state index contributed by atoms with van der Waals surface area (Å²) < 4.78 is 14.8. The average molecular weight is 448 g/mol. The van der Waals surface area contributed by atoms with Crippen molar-refractivity contribution in [3.63, 3.8) is 0 Å². The van der Waals surface area contributed by atoms with Crippen molar-refractivity contribution >= 4 is 46.6 Å². The Bertz CT molecular complexity index is 1070. The van der Waals surface area contributed by atoms with Crippen LogP contribution in [-0.4, -0.2) is 32.3 Å². The standard InChI is InChI=1S/C20H19ClFN5O2S/c1-12-9-14(22)5-8-16(12)24-19(29)11-30-20-26-25-17(27(20)2)10-18(28)23-15-6-3-13(21)4-7-15/h3-9H,10-11H2,1-2H3,(H,23,28)(H,24,29). The van der Waals surface area contributed by atoms with Crippen LogP contribution in [0.25, 0.3) is 0 Å². The average Bonchev–Trinajstić information content (AvgIpc) is 3.04. The first kappa shape index (κ1) is 21.8. The van der Waals surface area contributed by atoms with Gasteiger partial charge in [0.15, 0.2) is 5.16 Å². The van der Waals surface area contributed by atoms with Gasteiger partial charge < -0.3 is 15.2 Å². The van der Waals surface area contributed by atoms with Crippen molar-refractivity contribution in [2.24, 2.45) is 7.05 Å². The number of carbonyl (C=O) groups excluding carboxylic acids is 2. The van der Waals surface area contributed by atoms with E-state index in [2.05, 4.69) is 20.8 Å². The molecule has 30 heavy (non-hydrogen) atoms. The molecule has 2 amide bonds. The highest BCUT2D eigenvalue weighted by Gasteiger charge is 2.15. The Morgan fingerprint density at radius 1 is 1.10 bits per heavy atom. The van der Waals surface area contributed by atoms with Crippen LogP contribution in [0.5, 0.6) is 0 Å². The van der Waals surface area contributed by atoms with E-state index in [4.69, 9.17) is 11.6 Å². The van der Waals surface area contributed by atoms with Gasteiger partial charge in [0.25, 0.3) is 0 Å². The number of anilines is 2. The van der Waals surface area contributed by atoms with Crippen molar-refractivity contribution in [1.29, 1.82) is 0 Å². The zero-order valence-electron chi connectivity index (χ0n) is 16.3. The molecule has 0 radical (unpaired) electrons. The van der Waals surface area contributed by atoms with Crippen molar-refractivity contribution in [3.8, 4) is 0 Å². The van der Waals surface area contributed by atoms with Gasteiger partial charge in [0.05, 0.1) is 12.2 Å². The predicted molar refractivity (Wildman–Crippen MR) is 115 cm³/mol. The number of hydrogen-bond acceptors (Lipinski definition) is 5. The number of benzene rings is 2. The summed E-state index contributed by atoms with van der Waals surface area (Å²) in [6.07, 6.45) is 0.0354. The maximum absolute atomic E-state index is 13.2. The molecule has 7 nitrogen and oxygen atoms in total. The summed E-state index contributed by atoms with van der Waals surface area (Å²) in [5.74, 6) is -0.279. The van der Waals surface area contributed by atoms with Gasteiger partial charge in [-0.2, -0.15) is 0 Å². The molecular formula is C20H19ClFN5O2S. The third kappa shape index (κ3) is 5.80. The second-order valence-corrected chi connectivity index (χ2v) is 7.86. The summed E-state index contributed by atoms with van der Waals surface area (Å²) in [6.45, 7) is 1.72. The lowest BCUT2D eigenvalue weighted by molar-refractivity contribution is -0.116. The third-order valence-electron chi connectivity index (χ3n) is 4.17. The van der Waals surface area contributed by atoms with Crippen LogP contribution in [0.2, 0.25) is 5.02 Å². The molecule has 0 fully saturated rings. The smallest absolute Gasteiger partial charge is 0.234 e. The van der Waals surface area contributed by atoms with Crippen molar-refractivity contribution in [2.45, 2.75) is 18.5 Å². The first-order valence-corrected chi connectivity index (χ1v) is 10.3. The summed E-state index contributed by atoms with van der Waals surface area (Å²) in [4.78, 5) is 24.4. The summed E-state index contributed by atoms with van der Waals surface area (Å²) in [5, 5.41) is 14.7. The molecule has 10 heteroatoms. The van der Waals surface area contributed by atoms with E-state index >= 15 is 0 Å². The Morgan fingerprint density at radius 3 is 2.53 bits per heavy atom. The summed E-state index contributed by atoms with van der Waals surface area (Å²) in [7, 11) is 1.73. The maximum atomic E-state index is 13.2. The monoisotopic (exact) mass is 447 g/mol. The number of nitrogens with zero attached hydrogens (tertiary/aromatic N) is 3. The highest BCUT2D eigenvalue weighted by atomic mass is 35.5. The SMILES string of the molecule is Cc1cc(F)ccc1NC(=O)CSc1nnc(CC(=O)Nc2ccc(Cl)cc2)n1C. The minimum Gasteiger partial charge on any atom is -0.326 e. The van der Waals surface area contributed by atoms with E-state index in [9.17, 15) is 14.0 Å². The van der Waals surface area contributed by atoms with Gasteiger partial charge in [-0.3, -0.25) is 9.59 Å². The predicted octanol–water partition coefficient (Wildman–Crippen LogP) is 3.83. The van der Waals surface area contributed by atoms with Crippen LogP contribution in [0, 0.1) is 12.7 Å². The van der Waals surface area contributed by atoms with Gasteiger partial charge in [-0.15, -0.1) is 10.2 Å². The second kappa shape index (κ2) is 9.73. The lowest BCUT2D eigenvalue weighted by atomic mass is 10.2. The third-order valence-corrected chi connectivity index (χ3v) is 5.44. The molecule has 2 aromatic carbocycles. The van der Waals surface area contributed by atoms with Crippen LogP contribution >= 0.6 is 23.4 Å². The quantitative estimate of drug-likeness (QED) is 0.537. The van der Waals surface area contributed by atoms with Crippen LogP contribution in [0.15, 0.2) is 47.6 Å². The minimum atomic E-state index is -0.355. The van der Waals surface area contributed by atoms with Gasteiger partial charge in [-0.05, 0) is 55.0 Å². The molecule has 156 valence electrons. The van der Waals surface area contributed by atoms with E-state index in [1.54, 1.807) is 42.8 Å². The molecule has 0 aliphatic rings. The largest absolute Gasteiger partial charge is 0.326 e. The van der Waals surface area contributed by atoms with Gasteiger partial charge in [0, 0.05) is 23.4 Å². The lowest BCUT2D eigenvalue weighted by Gasteiger charge is -2.08. The number of amides is 2. The van der Waals surface area contributed by atoms with E-state index in [-0.39, 0.29) is 29.8 Å². The van der Waals surface area contributed by atoms with Crippen LogP contribution in [0.3, 0.4) is 0 Å². The molecule has 3 aromatic rings. The molecule has 1 aromatic heterocycles. The first-order chi connectivity index (χ1) is 14.3. The van der Waals surface area contributed by atoms with E-state index in [0.717, 1.165) is 0 Å². The lowest BCUT2D eigenvalue weighted by Crippen LogP contribution is -2.17. The molecule has 1 heterocycles. The van der Waals surface area contributed by atoms with E-state index in [1.807, 2.05) is 0 Å². The number of hydrogen-bond donors (Lipinski definition) is 2. The molecule has 2 N–H and O–H groups in total. The number of rotatable bonds is 7. The van der Waals surface area contributed by atoms with Gasteiger partial charge in [0.2, 0.25) is 11.8 Å². The maximum Gasteiger partial charge on any atom is 0.234 e. The zero-order valence-corrected chi connectivity index (χ0v) is 17.9. The number of carbonyl (C=O) groups is 2. The van der Waals surface area contributed by atoms with Gasteiger partial charge in [0.1, 0.15) is 11.6 Å². The number of thioether (sulfide) groups is 1. The van der Waals surface area contributed by atoms with Gasteiger partial charge >= 0.3 is 0 Å². The van der Waals surface area contributed by atoms with Crippen LogP contribution in [0.4, 0.5) is 15.8 Å². The molecule has 0 saturated carbocycles. The second-order valence-electron chi connectivity index (χ2n) is 6.49. The van der Waals surface area contributed by atoms with Crippen molar-refractivity contribution < 1.29 is 14.0 Å². The van der Waals surface area contributed by atoms with Crippen molar-refractivity contribution in [2.75, 3.05) is 16.4 Å². The Kier molecular flexibility index (Phi) is 7.07. The molecular weight excluding hydrogens is 429 g/mol. The minimum absolute atomic E-state index is 0.0354. The fourth-order valence-electron chi connectivity index (χ4n) is 2.59. The molecule has 0 atom stereocenters. The molecule has 0 spiro atoms.